The number of hydrogen-bond donors (Lipinski definition) is 1. The average molecular weight is 358 g/mol. The van der Waals surface area contributed by atoms with E-state index in [-0.39, 0.29) is 17.9 Å². The van der Waals surface area contributed by atoms with Gasteiger partial charge in [0.15, 0.2) is 0 Å². The Balaban J connectivity index is 1.51. The van der Waals surface area contributed by atoms with Gasteiger partial charge in [-0.1, -0.05) is 18.2 Å². The minimum atomic E-state index is -0.0131. The van der Waals surface area contributed by atoms with E-state index < -0.39 is 0 Å². The third kappa shape index (κ3) is 4.39. The summed E-state index contributed by atoms with van der Waals surface area (Å²) in [6.45, 7) is 1.28. The van der Waals surface area contributed by atoms with Gasteiger partial charge in [-0.25, -0.2) is 0 Å². The second-order valence-corrected chi connectivity index (χ2v) is 7.12. The van der Waals surface area contributed by atoms with E-state index in [1.807, 2.05) is 34.5 Å². The van der Waals surface area contributed by atoms with Crippen LogP contribution in [0.3, 0.4) is 0 Å². The quantitative estimate of drug-likeness (QED) is 0.894. The Hall–Kier alpha value is -2.34. The predicted molar refractivity (Wildman–Crippen MR) is 98.1 cm³/mol. The fraction of sp³-hybridized carbons (Fsp3) is 0.368. The number of methoxy groups -OCH3 is 1. The molecule has 2 aromatic rings. The summed E-state index contributed by atoms with van der Waals surface area (Å²) in [5.41, 5.74) is 0.588. The van der Waals surface area contributed by atoms with E-state index in [0.717, 1.165) is 17.7 Å². The molecule has 0 saturated carbocycles. The normalized spacial score (nSPS) is 15.0. The smallest absolute Gasteiger partial charge is 0.257 e. The SMILES string of the molecule is COc1ccccc1C(=O)N1CCC(NC(=O)Cc2cccs2)CC1. The Labute approximate surface area is 151 Å². The van der Waals surface area contributed by atoms with Crippen LogP contribution >= 0.6 is 11.3 Å². The number of nitrogens with zero attached hydrogens (tertiary/aromatic N) is 1. The second-order valence-electron chi connectivity index (χ2n) is 6.09. The Morgan fingerprint density at radius 1 is 1.20 bits per heavy atom. The Morgan fingerprint density at radius 2 is 1.96 bits per heavy atom. The molecule has 1 aromatic carbocycles. The van der Waals surface area contributed by atoms with Gasteiger partial charge in [-0.2, -0.15) is 0 Å². The number of ether oxygens (including phenoxy) is 1. The fourth-order valence-electron chi connectivity index (χ4n) is 3.07. The van der Waals surface area contributed by atoms with Gasteiger partial charge in [0.2, 0.25) is 5.91 Å². The Morgan fingerprint density at radius 3 is 2.64 bits per heavy atom. The van der Waals surface area contributed by atoms with Crippen molar-refractivity contribution in [2.45, 2.75) is 25.3 Å². The van der Waals surface area contributed by atoms with Crippen LogP contribution in [0, 0.1) is 0 Å². The molecule has 0 spiro atoms. The molecular weight excluding hydrogens is 336 g/mol. The molecule has 2 heterocycles. The predicted octanol–water partition coefficient (Wildman–Crippen LogP) is 2.72. The maximum Gasteiger partial charge on any atom is 0.257 e. The van der Waals surface area contributed by atoms with Crippen molar-refractivity contribution in [1.29, 1.82) is 0 Å². The summed E-state index contributed by atoms with van der Waals surface area (Å²) < 4.78 is 5.28. The Bertz CT molecular complexity index is 722. The molecule has 1 fully saturated rings. The van der Waals surface area contributed by atoms with Gasteiger partial charge in [0.1, 0.15) is 5.75 Å². The third-order valence-corrected chi connectivity index (χ3v) is 5.28. The van der Waals surface area contributed by atoms with Gasteiger partial charge < -0.3 is 15.0 Å². The number of carbonyl (C=O) groups is 2. The third-order valence-electron chi connectivity index (χ3n) is 4.40. The van der Waals surface area contributed by atoms with Gasteiger partial charge in [-0.15, -0.1) is 11.3 Å². The van der Waals surface area contributed by atoms with Crippen molar-refractivity contribution in [2.24, 2.45) is 0 Å². The number of thiophene rings is 1. The molecular formula is C19H22N2O3S. The summed E-state index contributed by atoms with van der Waals surface area (Å²) >= 11 is 1.59. The summed E-state index contributed by atoms with van der Waals surface area (Å²) in [4.78, 5) is 27.7. The minimum absolute atomic E-state index is 0.0131. The van der Waals surface area contributed by atoms with Crippen LogP contribution in [0.5, 0.6) is 5.75 Å². The van der Waals surface area contributed by atoms with Crippen LogP contribution in [0.15, 0.2) is 41.8 Å². The summed E-state index contributed by atoms with van der Waals surface area (Å²) in [6, 6.07) is 11.3. The van der Waals surface area contributed by atoms with Gasteiger partial charge in [0.25, 0.3) is 5.91 Å². The van der Waals surface area contributed by atoms with Crippen LogP contribution < -0.4 is 10.1 Å². The maximum absolute atomic E-state index is 12.7. The highest BCUT2D eigenvalue weighted by Crippen LogP contribution is 2.21. The van der Waals surface area contributed by atoms with Gasteiger partial charge in [-0.3, -0.25) is 9.59 Å². The lowest BCUT2D eigenvalue weighted by Crippen LogP contribution is -2.46. The molecule has 0 aliphatic carbocycles. The number of piperidine rings is 1. The molecule has 1 saturated heterocycles. The molecule has 132 valence electrons. The molecule has 25 heavy (non-hydrogen) atoms. The topological polar surface area (TPSA) is 58.6 Å². The molecule has 0 unspecified atom stereocenters. The number of carbonyl (C=O) groups excluding carboxylic acids is 2. The number of para-hydroxylation sites is 1. The van der Waals surface area contributed by atoms with Crippen LogP contribution in [0.4, 0.5) is 0 Å². The van der Waals surface area contributed by atoms with Crippen molar-refractivity contribution in [2.75, 3.05) is 20.2 Å². The lowest BCUT2D eigenvalue weighted by Gasteiger charge is -2.32. The van der Waals surface area contributed by atoms with E-state index in [2.05, 4.69) is 5.32 Å². The maximum atomic E-state index is 12.7. The molecule has 2 amide bonds. The molecule has 1 aliphatic rings. The number of amides is 2. The van der Waals surface area contributed by atoms with Crippen LogP contribution in [-0.4, -0.2) is 43.0 Å². The molecule has 6 heteroatoms. The molecule has 0 radical (unpaired) electrons. The first-order valence-corrected chi connectivity index (χ1v) is 9.29. The number of rotatable bonds is 5. The van der Waals surface area contributed by atoms with Crippen LogP contribution in [0.2, 0.25) is 0 Å². The van der Waals surface area contributed by atoms with Crippen LogP contribution in [-0.2, 0) is 11.2 Å². The zero-order chi connectivity index (χ0) is 17.6. The first-order chi connectivity index (χ1) is 12.2. The number of likely N-dealkylation sites (tertiary alicyclic amines) is 1. The highest BCUT2D eigenvalue weighted by molar-refractivity contribution is 7.10. The number of nitrogens with one attached hydrogen (secondary N) is 1. The van der Waals surface area contributed by atoms with Crippen LogP contribution in [0.1, 0.15) is 28.1 Å². The average Bonchev–Trinajstić information content (AvgIpc) is 3.14. The highest BCUT2D eigenvalue weighted by Gasteiger charge is 2.26. The molecule has 0 atom stereocenters. The van der Waals surface area contributed by atoms with Gasteiger partial charge in [0.05, 0.1) is 19.1 Å². The summed E-state index contributed by atoms with van der Waals surface area (Å²) in [5.74, 6) is 0.636. The first kappa shape index (κ1) is 17.5. The summed E-state index contributed by atoms with van der Waals surface area (Å²) in [7, 11) is 1.57. The van der Waals surface area contributed by atoms with E-state index in [9.17, 15) is 9.59 Å². The summed E-state index contributed by atoms with van der Waals surface area (Å²) in [6.07, 6.45) is 1.98. The summed E-state index contributed by atoms with van der Waals surface area (Å²) in [5, 5.41) is 5.06. The number of benzene rings is 1. The van der Waals surface area contributed by atoms with Crippen molar-refractivity contribution >= 4 is 23.2 Å². The van der Waals surface area contributed by atoms with Crippen LogP contribution in [0.25, 0.3) is 0 Å². The molecule has 1 aromatic heterocycles. The van der Waals surface area contributed by atoms with Crippen molar-refractivity contribution in [3.63, 3.8) is 0 Å². The Kier molecular flexibility index (Phi) is 5.71. The van der Waals surface area contributed by atoms with E-state index in [4.69, 9.17) is 4.74 Å². The molecule has 1 N–H and O–H groups in total. The lowest BCUT2D eigenvalue weighted by molar-refractivity contribution is -0.121. The number of hydrogen-bond acceptors (Lipinski definition) is 4. The van der Waals surface area contributed by atoms with Crippen molar-refractivity contribution in [3.8, 4) is 5.75 Å². The highest BCUT2D eigenvalue weighted by atomic mass is 32.1. The van der Waals surface area contributed by atoms with E-state index in [1.165, 1.54) is 0 Å². The molecule has 5 nitrogen and oxygen atoms in total. The zero-order valence-corrected chi connectivity index (χ0v) is 15.1. The lowest BCUT2D eigenvalue weighted by atomic mass is 10.0. The van der Waals surface area contributed by atoms with Gasteiger partial charge in [0, 0.05) is 24.0 Å². The van der Waals surface area contributed by atoms with Gasteiger partial charge >= 0.3 is 0 Å². The molecule has 0 bridgehead atoms. The fourth-order valence-corrected chi connectivity index (χ4v) is 3.77. The van der Waals surface area contributed by atoms with Gasteiger partial charge in [-0.05, 0) is 36.4 Å². The monoisotopic (exact) mass is 358 g/mol. The minimum Gasteiger partial charge on any atom is -0.496 e. The molecule has 1 aliphatic heterocycles. The zero-order valence-electron chi connectivity index (χ0n) is 14.2. The standard InChI is InChI=1S/C19H22N2O3S/c1-24-17-7-3-2-6-16(17)19(23)21-10-8-14(9-11-21)20-18(22)13-15-5-4-12-25-15/h2-7,12,14H,8-11,13H2,1H3,(H,20,22). The first-order valence-electron chi connectivity index (χ1n) is 8.41. The second kappa shape index (κ2) is 8.16. The van der Waals surface area contributed by atoms with E-state index >= 15 is 0 Å². The van der Waals surface area contributed by atoms with Crippen molar-refractivity contribution in [1.82, 2.24) is 10.2 Å². The van der Waals surface area contributed by atoms with Crippen molar-refractivity contribution in [3.05, 3.63) is 52.2 Å². The molecule has 3 rings (SSSR count). The van der Waals surface area contributed by atoms with E-state index in [0.29, 0.717) is 30.8 Å². The largest absolute Gasteiger partial charge is 0.496 e. The van der Waals surface area contributed by atoms with Crippen molar-refractivity contribution < 1.29 is 14.3 Å². The van der Waals surface area contributed by atoms with E-state index in [1.54, 1.807) is 30.6 Å².